The quantitative estimate of drug-likeness (QED) is 0.256. The van der Waals surface area contributed by atoms with Crippen LogP contribution in [0.5, 0.6) is 0 Å². The van der Waals surface area contributed by atoms with Crippen LogP contribution in [-0.2, 0) is 20.2 Å². The van der Waals surface area contributed by atoms with Gasteiger partial charge < -0.3 is 9.62 Å². The van der Waals surface area contributed by atoms with E-state index in [0.717, 1.165) is 0 Å². The Kier molecular flexibility index (Phi) is 4.35. The highest BCUT2D eigenvalue weighted by atomic mass is 32.2. The first kappa shape index (κ1) is 15.6. The van der Waals surface area contributed by atoms with Gasteiger partial charge in [-0.25, -0.2) is 4.74 Å². The second kappa shape index (κ2) is 5.28. The van der Waals surface area contributed by atoms with E-state index in [9.17, 15) is 22.0 Å². The van der Waals surface area contributed by atoms with Crippen molar-refractivity contribution in [1.82, 2.24) is 0 Å². The predicted molar refractivity (Wildman–Crippen MR) is 62.3 cm³/mol. The van der Waals surface area contributed by atoms with Crippen molar-refractivity contribution in [3.8, 4) is 0 Å². The summed E-state index contributed by atoms with van der Waals surface area (Å²) in [6.45, 7) is 1.70. The molecule has 108 valence electrons. The van der Waals surface area contributed by atoms with Crippen LogP contribution in [0, 0.1) is 5.21 Å². The molecule has 2 N–H and O–H groups in total. The smallest absolute Gasteiger partial charge is 0.328 e. The molecule has 0 saturated heterocycles. The molecule has 1 aromatic heterocycles. The lowest BCUT2D eigenvalue weighted by Crippen LogP contribution is -2.08. The van der Waals surface area contributed by atoms with E-state index in [1.165, 1.54) is 0 Å². The van der Waals surface area contributed by atoms with Gasteiger partial charge in [0.1, 0.15) is 4.90 Å². The summed E-state index contributed by atoms with van der Waals surface area (Å²) in [7, 11) is -9.60. The summed E-state index contributed by atoms with van der Waals surface area (Å²) in [6, 6.07) is 0.413. The van der Waals surface area contributed by atoms with Gasteiger partial charge in [-0.15, -0.1) is 0 Å². The van der Waals surface area contributed by atoms with E-state index in [1.54, 1.807) is 6.92 Å². The average molecular weight is 313 g/mol. The summed E-state index contributed by atoms with van der Waals surface area (Å²) in [6.07, 6.45) is 1.12. The molecule has 0 amide bonds. The minimum Gasteiger partial charge on any atom is -0.624 e. The van der Waals surface area contributed by atoms with Crippen molar-refractivity contribution in [2.75, 3.05) is 6.54 Å². The Hall–Kier alpha value is -1.43. The molecule has 9 nitrogen and oxygen atoms in total. The average Bonchev–Trinajstić information content (AvgIpc) is 2.60. The van der Waals surface area contributed by atoms with Gasteiger partial charge in [0.05, 0.1) is 0 Å². The van der Waals surface area contributed by atoms with Crippen LogP contribution in [-0.4, -0.2) is 43.4 Å². The summed E-state index contributed by atoms with van der Waals surface area (Å²) in [4.78, 5) is -0.919. The lowest BCUT2D eigenvalue weighted by molar-refractivity contribution is -0.452. The maximum Gasteiger partial charge on any atom is 0.328 e. The normalized spacial score (nSPS) is 13.7. The summed E-state index contributed by atoms with van der Waals surface area (Å²) in [5, 5.41) is 10.2. The maximum absolute atomic E-state index is 11.3. The fourth-order valence-electron chi connectivity index (χ4n) is 1.20. The van der Waals surface area contributed by atoms with E-state index >= 15 is 0 Å². The summed E-state index contributed by atoms with van der Waals surface area (Å²) in [5.41, 5.74) is 0. The summed E-state index contributed by atoms with van der Waals surface area (Å²) >= 11 is 0. The molecule has 0 fully saturated rings. The van der Waals surface area contributed by atoms with Crippen molar-refractivity contribution in [3.05, 3.63) is 17.0 Å². The largest absolute Gasteiger partial charge is 0.624 e. The Labute approximate surface area is 109 Å². The molecule has 0 aromatic carbocycles. The van der Waals surface area contributed by atoms with Crippen LogP contribution in [0.15, 0.2) is 20.5 Å². The highest BCUT2D eigenvalue weighted by molar-refractivity contribution is 7.86. The van der Waals surface area contributed by atoms with Crippen LogP contribution in [0.4, 0.5) is 0 Å². The van der Waals surface area contributed by atoms with Crippen LogP contribution in [0.2, 0.25) is 0 Å². The van der Waals surface area contributed by atoms with Gasteiger partial charge in [-0.2, -0.15) is 16.8 Å². The minimum absolute atomic E-state index is 0.00677. The van der Waals surface area contributed by atoms with Crippen LogP contribution < -0.4 is 0 Å². The Morgan fingerprint density at radius 1 is 1.32 bits per heavy atom. The zero-order valence-corrected chi connectivity index (χ0v) is 11.3. The van der Waals surface area contributed by atoms with E-state index in [4.69, 9.17) is 9.11 Å². The maximum atomic E-state index is 11.3. The Bertz CT molecular complexity index is 697. The van der Waals surface area contributed by atoms with Crippen molar-refractivity contribution in [1.29, 1.82) is 0 Å². The second-order valence-corrected chi connectivity index (χ2v) is 6.26. The molecule has 0 radical (unpaired) electrons. The minimum atomic E-state index is -4.80. The van der Waals surface area contributed by atoms with Crippen molar-refractivity contribution in [2.45, 2.75) is 23.3 Å². The van der Waals surface area contributed by atoms with Crippen LogP contribution >= 0.6 is 0 Å². The highest BCUT2D eigenvalue weighted by Gasteiger charge is 2.27. The number of furan rings is 1. The first-order chi connectivity index (χ1) is 8.55. The van der Waals surface area contributed by atoms with Gasteiger partial charge >= 0.3 is 10.1 Å². The van der Waals surface area contributed by atoms with E-state index < -0.39 is 36.0 Å². The fourth-order valence-corrected chi connectivity index (χ4v) is 2.34. The first-order valence-corrected chi connectivity index (χ1v) is 7.81. The van der Waals surface area contributed by atoms with E-state index in [0.29, 0.717) is 23.4 Å². The molecule has 0 saturated carbocycles. The van der Waals surface area contributed by atoms with Gasteiger partial charge in [0.15, 0.2) is 6.54 Å². The number of hydrogen-bond donors (Lipinski definition) is 2. The molecule has 11 heteroatoms. The molecule has 1 aromatic rings. The molecule has 0 aliphatic carbocycles. The lowest BCUT2D eigenvalue weighted by atomic mass is 10.4. The molecule has 19 heavy (non-hydrogen) atoms. The van der Waals surface area contributed by atoms with Gasteiger partial charge in [-0.3, -0.25) is 9.11 Å². The van der Waals surface area contributed by atoms with Gasteiger partial charge in [0.25, 0.3) is 10.1 Å². The fraction of sp³-hybridized carbons (Fsp3) is 0.375. The first-order valence-electron chi connectivity index (χ1n) is 4.93. The molecule has 0 bridgehead atoms. The van der Waals surface area contributed by atoms with Crippen LogP contribution in [0.25, 0.3) is 0 Å². The summed E-state index contributed by atoms with van der Waals surface area (Å²) in [5.74, 6) is -0.682. The standard InChI is InChI=1S/C8H11NO8S2/c1-2-3-9(10)5-6-7(18(11,12)13)4-8(17-6)19(14,15)16/h4-5H,2-3H2,1H3,(H,11,12,13)(H,14,15,16). The molecule has 0 aliphatic heterocycles. The van der Waals surface area contributed by atoms with Crippen molar-refractivity contribution < 1.29 is 35.1 Å². The SMILES string of the molecule is CCC[N+]([O-])=Cc1oc(S(=O)(=O)O)cc1S(=O)(=O)O. The molecular formula is C8H11NO8S2. The molecule has 1 heterocycles. The molecule has 1 rings (SSSR count). The van der Waals surface area contributed by atoms with E-state index in [2.05, 4.69) is 4.42 Å². The summed E-state index contributed by atoms with van der Waals surface area (Å²) < 4.78 is 66.1. The van der Waals surface area contributed by atoms with E-state index in [1.807, 2.05) is 0 Å². The van der Waals surface area contributed by atoms with Gasteiger partial charge in [0, 0.05) is 12.5 Å². The van der Waals surface area contributed by atoms with Gasteiger partial charge in [-0.1, -0.05) is 6.92 Å². The molecule has 0 spiro atoms. The Morgan fingerprint density at radius 2 is 1.89 bits per heavy atom. The van der Waals surface area contributed by atoms with Crippen LogP contribution in [0.1, 0.15) is 19.1 Å². The topological polar surface area (TPSA) is 148 Å². The van der Waals surface area contributed by atoms with Crippen LogP contribution in [0.3, 0.4) is 0 Å². The number of nitrogens with zero attached hydrogens (tertiary/aromatic N) is 1. The molecule has 0 aliphatic rings. The highest BCUT2D eigenvalue weighted by Crippen LogP contribution is 2.22. The zero-order valence-electron chi connectivity index (χ0n) is 9.68. The third-order valence-electron chi connectivity index (χ3n) is 1.94. The third kappa shape index (κ3) is 4.02. The van der Waals surface area contributed by atoms with Gasteiger partial charge in [0.2, 0.25) is 17.1 Å². The lowest BCUT2D eigenvalue weighted by Gasteiger charge is -2.00. The number of hydrogen-bond acceptors (Lipinski definition) is 6. The van der Waals surface area contributed by atoms with Gasteiger partial charge in [-0.05, 0) is 0 Å². The third-order valence-corrected chi connectivity index (χ3v) is 3.52. The van der Waals surface area contributed by atoms with Crippen molar-refractivity contribution >= 4 is 26.5 Å². The molecule has 0 atom stereocenters. The Morgan fingerprint density at radius 3 is 2.32 bits per heavy atom. The van der Waals surface area contributed by atoms with E-state index in [-0.39, 0.29) is 6.54 Å². The number of rotatable bonds is 5. The zero-order chi connectivity index (χ0) is 14.8. The molecular weight excluding hydrogens is 302 g/mol. The Balaban J connectivity index is 3.46. The molecule has 0 unspecified atom stereocenters. The van der Waals surface area contributed by atoms with Crippen molar-refractivity contribution in [3.63, 3.8) is 0 Å². The second-order valence-electron chi connectivity index (χ2n) is 3.51. The number of hydroxylamine groups is 1. The monoisotopic (exact) mass is 313 g/mol. The predicted octanol–water partition coefficient (Wildman–Crippen LogP) is 0.112. The van der Waals surface area contributed by atoms with Crippen molar-refractivity contribution in [2.24, 2.45) is 0 Å².